The summed E-state index contributed by atoms with van der Waals surface area (Å²) in [5.74, 6) is -1.03. The van der Waals surface area contributed by atoms with E-state index >= 15 is 0 Å². The number of hydrogen-bond donors (Lipinski definition) is 3. The third-order valence-electron chi connectivity index (χ3n) is 2.94. The number of aromatic carboxylic acids is 1. The largest absolute Gasteiger partial charge is 0.478 e. The zero-order valence-electron chi connectivity index (χ0n) is 10.5. The van der Waals surface area contributed by atoms with E-state index in [4.69, 9.17) is 22.4 Å². The van der Waals surface area contributed by atoms with E-state index in [9.17, 15) is 4.79 Å². The summed E-state index contributed by atoms with van der Waals surface area (Å²) in [5.41, 5.74) is 8.84. The maximum Gasteiger partial charge on any atom is 0.335 e. The number of anilines is 3. The van der Waals surface area contributed by atoms with Crippen molar-refractivity contribution in [2.24, 2.45) is 0 Å². The average molecular weight is 321 g/mol. The van der Waals surface area contributed by atoms with Gasteiger partial charge in [0.15, 0.2) is 0 Å². The Morgan fingerprint density at radius 2 is 2.10 bits per heavy atom. The van der Waals surface area contributed by atoms with Crippen molar-refractivity contribution in [2.45, 2.75) is 0 Å². The lowest BCUT2D eigenvalue weighted by Crippen LogP contribution is -2.02. The Labute approximate surface area is 128 Å². The number of rotatable bonds is 3. The van der Waals surface area contributed by atoms with Gasteiger partial charge in [-0.25, -0.2) is 4.79 Å². The molecule has 0 aliphatic rings. The van der Waals surface area contributed by atoms with Gasteiger partial charge in [0.25, 0.3) is 0 Å². The molecule has 21 heavy (non-hydrogen) atoms. The van der Waals surface area contributed by atoms with Gasteiger partial charge in [-0.1, -0.05) is 11.6 Å². The first-order chi connectivity index (χ1) is 10.1. The highest BCUT2D eigenvalue weighted by Gasteiger charge is 2.12. The van der Waals surface area contributed by atoms with Gasteiger partial charge in [-0.2, -0.15) is 8.75 Å². The van der Waals surface area contributed by atoms with Crippen LogP contribution in [0.5, 0.6) is 0 Å². The maximum absolute atomic E-state index is 10.9. The van der Waals surface area contributed by atoms with Gasteiger partial charge in [-0.3, -0.25) is 0 Å². The Morgan fingerprint density at radius 3 is 2.81 bits per heavy atom. The van der Waals surface area contributed by atoms with Gasteiger partial charge in [-0.05, 0) is 30.3 Å². The highest BCUT2D eigenvalue weighted by Crippen LogP contribution is 2.34. The minimum Gasteiger partial charge on any atom is -0.478 e. The second-order valence-corrected chi connectivity index (χ2v) is 5.22. The smallest absolute Gasteiger partial charge is 0.335 e. The predicted octanol–water partition coefficient (Wildman–Crippen LogP) is 3.37. The van der Waals surface area contributed by atoms with Crippen LogP contribution in [-0.4, -0.2) is 19.8 Å². The molecule has 0 saturated carbocycles. The fourth-order valence-corrected chi connectivity index (χ4v) is 2.63. The quantitative estimate of drug-likeness (QED) is 0.640. The van der Waals surface area contributed by atoms with Crippen molar-refractivity contribution in [1.82, 2.24) is 8.75 Å². The molecule has 0 aliphatic carbocycles. The molecule has 3 rings (SSSR count). The van der Waals surface area contributed by atoms with Crippen LogP contribution in [0.25, 0.3) is 11.0 Å². The van der Waals surface area contributed by atoms with Crippen molar-refractivity contribution in [3.8, 4) is 0 Å². The second kappa shape index (κ2) is 5.19. The van der Waals surface area contributed by atoms with E-state index in [0.717, 1.165) is 17.2 Å². The van der Waals surface area contributed by atoms with Crippen LogP contribution in [0, 0.1) is 0 Å². The molecule has 4 N–H and O–H groups in total. The lowest BCUT2D eigenvalue weighted by Gasteiger charge is -2.11. The van der Waals surface area contributed by atoms with Crippen LogP contribution >= 0.6 is 23.3 Å². The lowest BCUT2D eigenvalue weighted by molar-refractivity contribution is 0.0697. The van der Waals surface area contributed by atoms with Crippen LogP contribution in [0.15, 0.2) is 30.3 Å². The Morgan fingerprint density at radius 1 is 1.29 bits per heavy atom. The molecule has 3 aromatic rings. The van der Waals surface area contributed by atoms with Crippen LogP contribution in [0.3, 0.4) is 0 Å². The number of carboxylic acid groups (broad SMARTS) is 1. The Kier molecular flexibility index (Phi) is 3.36. The molecular formula is C13H9ClN4O2S. The van der Waals surface area contributed by atoms with E-state index in [-0.39, 0.29) is 5.56 Å². The monoisotopic (exact) mass is 320 g/mol. The predicted molar refractivity (Wildman–Crippen MR) is 83.5 cm³/mol. The molecule has 0 fully saturated rings. The molecule has 6 nitrogen and oxygen atoms in total. The van der Waals surface area contributed by atoms with Crippen molar-refractivity contribution in [3.05, 3.63) is 40.9 Å². The molecule has 0 spiro atoms. The summed E-state index contributed by atoms with van der Waals surface area (Å²) in [7, 11) is 0. The Bertz CT molecular complexity index is 849. The molecule has 1 aromatic heterocycles. The molecule has 0 amide bonds. The Balaban J connectivity index is 2.04. The van der Waals surface area contributed by atoms with Crippen molar-refractivity contribution >= 4 is 57.4 Å². The number of nitrogens with one attached hydrogen (secondary N) is 1. The summed E-state index contributed by atoms with van der Waals surface area (Å²) in [6.07, 6.45) is 0. The first kappa shape index (κ1) is 13.6. The van der Waals surface area contributed by atoms with Gasteiger partial charge in [0.05, 0.1) is 39.4 Å². The van der Waals surface area contributed by atoms with Gasteiger partial charge in [0.2, 0.25) is 0 Å². The average Bonchev–Trinajstić information content (AvgIpc) is 2.92. The molecule has 0 saturated heterocycles. The van der Waals surface area contributed by atoms with E-state index in [2.05, 4.69) is 14.1 Å². The number of carboxylic acids is 1. The highest BCUT2D eigenvalue weighted by atomic mass is 35.5. The van der Waals surface area contributed by atoms with E-state index < -0.39 is 5.97 Å². The van der Waals surface area contributed by atoms with Crippen LogP contribution < -0.4 is 11.1 Å². The first-order valence-electron chi connectivity index (χ1n) is 5.87. The standard InChI is InChI=1S/C13H9ClN4O2S/c14-7-2-4-10-12(18-21-17-10)11(7)16-9-3-1-6(13(19)20)5-8(9)15/h1-5,16H,15H2,(H,19,20). The summed E-state index contributed by atoms with van der Waals surface area (Å²) < 4.78 is 8.34. The second-order valence-electron chi connectivity index (χ2n) is 4.29. The van der Waals surface area contributed by atoms with E-state index in [0.29, 0.717) is 27.6 Å². The fourth-order valence-electron chi connectivity index (χ4n) is 1.89. The van der Waals surface area contributed by atoms with Crippen LogP contribution in [0.4, 0.5) is 17.1 Å². The van der Waals surface area contributed by atoms with E-state index in [1.54, 1.807) is 18.2 Å². The van der Waals surface area contributed by atoms with Crippen molar-refractivity contribution in [2.75, 3.05) is 11.1 Å². The molecule has 106 valence electrons. The van der Waals surface area contributed by atoms with Crippen molar-refractivity contribution in [1.29, 1.82) is 0 Å². The fraction of sp³-hybridized carbons (Fsp3) is 0. The van der Waals surface area contributed by atoms with Gasteiger partial charge >= 0.3 is 5.97 Å². The number of nitrogens with zero attached hydrogens (tertiary/aromatic N) is 2. The first-order valence-corrected chi connectivity index (χ1v) is 6.97. The van der Waals surface area contributed by atoms with Crippen LogP contribution in [0.2, 0.25) is 5.02 Å². The number of nitrogen functional groups attached to an aromatic ring is 1. The van der Waals surface area contributed by atoms with Gasteiger partial charge in [-0.15, -0.1) is 0 Å². The normalized spacial score (nSPS) is 10.7. The minimum atomic E-state index is -1.03. The molecule has 0 radical (unpaired) electrons. The third kappa shape index (κ3) is 2.48. The molecular weight excluding hydrogens is 312 g/mol. The number of carbonyl (C=O) groups is 1. The van der Waals surface area contributed by atoms with Crippen molar-refractivity contribution in [3.63, 3.8) is 0 Å². The lowest BCUT2D eigenvalue weighted by atomic mass is 10.1. The van der Waals surface area contributed by atoms with Crippen LogP contribution in [-0.2, 0) is 0 Å². The molecule has 1 heterocycles. The number of halogens is 1. The SMILES string of the molecule is Nc1cc(C(=O)O)ccc1Nc1c(Cl)ccc2nsnc12. The topological polar surface area (TPSA) is 101 Å². The van der Waals surface area contributed by atoms with Gasteiger partial charge in [0.1, 0.15) is 11.0 Å². The molecule has 0 aliphatic heterocycles. The third-order valence-corrected chi connectivity index (χ3v) is 3.79. The molecule has 8 heteroatoms. The number of benzene rings is 2. The van der Waals surface area contributed by atoms with Crippen LogP contribution in [0.1, 0.15) is 10.4 Å². The van der Waals surface area contributed by atoms with Gasteiger partial charge < -0.3 is 16.2 Å². The van der Waals surface area contributed by atoms with E-state index in [1.807, 2.05) is 0 Å². The highest BCUT2D eigenvalue weighted by molar-refractivity contribution is 7.00. The summed E-state index contributed by atoms with van der Waals surface area (Å²) in [6, 6.07) is 7.94. The van der Waals surface area contributed by atoms with Crippen molar-refractivity contribution < 1.29 is 9.90 Å². The zero-order valence-corrected chi connectivity index (χ0v) is 12.1. The summed E-state index contributed by atoms with van der Waals surface area (Å²) in [5, 5.41) is 12.5. The molecule has 0 bridgehead atoms. The summed E-state index contributed by atoms with van der Waals surface area (Å²) >= 11 is 7.27. The summed E-state index contributed by atoms with van der Waals surface area (Å²) in [4.78, 5) is 10.9. The molecule has 2 aromatic carbocycles. The zero-order chi connectivity index (χ0) is 15.0. The number of hydrogen-bond acceptors (Lipinski definition) is 6. The number of nitrogens with two attached hydrogens (primary N) is 1. The Hall–Kier alpha value is -2.38. The van der Waals surface area contributed by atoms with E-state index in [1.165, 1.54) is 12.1 Å². The number of aromatic nitrogens is 2. The molecule has 0 atom stereocenters. The minimum absolute atomic E-state index is 0.123. The summed E-state index contributed by atoms with van der Waals surface area (Å²) in [6.45, 7) is 0. The number of fused-ring (bicyclic) bond motifs is 1. The maximum atomic E-state index is 10.9. The van der Waals surface area contributed by atoms with Gasteiger partial charge in [0, 0.05) is 0 Å². The molecule has 0 unspecified atom stereocenters.